The first-order chi connectivity index (χ1) is 14.6. The summed E-state index contributed by atoms with van der Waals surface area (Å²) in [6.45, 7) is 3.21. The SMILES string of the molecule is CN=C(NCc1ccc(N2CCCC2=O)cc1)NC1CCN(c2ncccc2Cl)C1.I. The average Bonchev–Trinajstić information content (AvgIpc) is 3.41. The van der Waals surface area contributed by atoms with Gasteiger partial charge in [-0.05, 0) is 42.7 Å². The van der Waals surface area contributed by atoms with E-state index in [1.807, 2.05) is 29.2 Å². The molecular weight excluding hydrogens is 527 g/mol. The van der Waals surface area contributed by atoms with Gasteiger partial charge in [-0.3, -0.25) is 9.79 Å². The van der Waals surface area contributed by atoms with Crippen LogP contribution in [0.15, 0.2) is 47.6 Å². The van der Waals surface area contributed by atoms with Crippen LogP contribution in [-0.4, -0.2) is 49.6 Å². The summed E-state index contributed by atoms with van der Waals surface area (Å²) in [6, 6.07) is 12.1. The van der Waals surface area contributed by atoms with Gasteiger partial charge in [-0.2, -0.15) is 0 Å². The van der Waals surface area contributed by atoms with Gasteiger partial charge < -0.3 is 20.4 Å². The van der Waals surface area contributed by atoms with Crippen LogP contribution in [-0.2, 0) is 11.3 Å². The first-order valence-electron chi connectivity index (χ1n) is 10.4. The third kappa shape index (κ3) is 5.79. The van der Waals surface area contributed by atoms with E-state index in [1.54, 1.807) is 13.2 Å². The summed E-state index contributed by atoms with van der Waals surface area (Å²) in [6.07, 6.45) is 4.35. The van der Waals surface area contributed by atoms with Gasteiger partial charge in [-0.15, -0.1) is 24.0 Å². The molecule has 7 nitrogen and oxygen atoms in total. The molecule has 2 aliphatic rings. The van der Waals surface area contributed by atoms with Crippen molar-refractivity contribution in [3.05, 3.63) is 53.2 Å². The predicted molar refractivity (Wildman–Crippen MR) is 137 cm³/mol. The zero-order chi connectivity index (χ0) is 20.9. The Morgan fingerprint density at radius 3 is 2.74 bits per heavy atom. The van der Waals surface area contributed by atoms with Crippen LogP contribution in [0.25, 0.3) is 0 Å². The van der Waals surface area contributed by atoms with Crippen molar-refractivity contribution in [3.63, 3.8) is 0 Å². The average molecular weight is 555 g/mol. The fourth-order valence-corrected chi connectivity index (χ4v) is 4.21. The highest BCUT2D eigenvalue weighted by molar-refractivity contribution is 14.0. The van der Waals surface area contributed by atoms with Gasteiger partial charge in [0.25, 0.3) is 0 Å². The van der Waals surface area contributed by atoms with Gasteiger partial charge in [0.15, 0.2) is 5.96 Å². The van der Waals surface area contributed by atoms with E-state index < -0.39 is 0 Å². The van der Waals surface area contributed by atoms with Crippen molar-refractivity contribution in [2.24, 2.45) is 4.99 Å². The topological polar surface area (TPSA) is 72.9 Å². The number of aliphatic imine (C=N–C) groups is 1. The second kappa shape index (κ2) is 11.0. The second-order valence-corrected chi connectivity index (χ2v) is 8.03. The molecule has 0 spiro atoms. The van der Waals surface area contributed by atoms with Crippen LogP contribution in [0.2, 0.25) is 5.02 Å². The Morgan fingerprint density at radius 1 is 1.26 bits per heavy atom. The number of hydrogen-bond donors (Lipinski definition) is 2. The molecule has 1 aromatic carbocycles. The number of rotatable bonds is 5. The summed E-state index contributed by atoms with van der Waals surface area (Å²) >= 11 is 6.28. The number of carbonyl (C=O) groups excluding carboxylic acids is 1. The number of halogens is 2. The normalized spacial score (nSPS) is 18.8. The molecule has 2 N–H and O–H groups in total. The van der Waals surface area contributed by atoms with Crippen molar-refractivity contribution in [3.8, 4) is 0 Å². The molecule has 1 amide bonds. The molecule has 0 saturated carbocycles. The first-order valence-corrected chi connectivity index (χ1v) is 10.7. The molecule has 166 valence electrons. The summed E-state index contributed by atoms with van der Waals surface area (Å²) in [5.74, 6) is 1.82. The Bertz CT molecular complexity index is 922. The number of amides is 1. The zero-order valence-corrected chi connectivity index (χ0v) is 20.6. The molecule has 2 fully saturated rings. The Labute approximate surface area is 205 Å². The van der Waals surface area contributed by atoms with Crippen LogP contribution in [0.4, 0.5) is 11.5 Å². The minimum Gasteiger partial charge on any atom is -0.353 e. The van der Waals surface area contributed by atoms with Gasteiger partial charge in [0.05, 0.1) is 5.02 Å². The molecule has 3 heterocycles. The number of nitrogens with one attached hydrogen (secondary N) is 2. The van der Waals surface area contributed by atoms with E-state index in [-0.39, 0.29) is 35.9 Å². The summed E-state index contributed by atoms with van der Waals surface area (Å²) < 4.78 is 0. The molecule has 1 atom stereocenters. The van der Waals surface area contributed by atoms with E-state index in [4.69, 9.17) is 11.6 Å². The number of pyridine rings is 1. The quantitative estimate of drug-likeness (QED) is 0.337. The van der Waals surface area contributed by atoms with Gasteiger partial charge in [-0.1, -0.05) is 23.7 Å². The highest BCUT2D eigenvalue weighted by Gasteiger charge is 2.25. The van der Waals surface area contributed by atoms with Crippen molar-refractivity contribution >= 4 is 58.9 Å². The lowest BCUT2D eigenvalue weighted by atomic mass is 10.2. The van der Waals surface area contributed by atoms with Gasteiger partial charge >= 0.3 is 0 Å². The van der Waals surface area contributed by atoms with Crippen molar-refractivity contribution in [2.45, 2.75) is 31.8 Å². The highest BCUT2D eigenvalue weighted by Crippen LogP contribution is 2.26. The summed E-state index contributed by atoms with van der Waals surface area (Å²) in [5, 5.41) is 7.55. The molecule has 4 rings (SSSR count). The maximum absolute atomic E-state index is 11.9. The Balaban J connectivity index is 0.00000272. The third-order valence-corrected chi connectivity index (χ3v) is 5.87. The Hall–Kier alpha value is -2.07. The van der Waals surface area contributed by atoms with Gasteiger partial charge in [0, 0.05) is 57.6 Å². The molecule has 9 heteroatoms. The van der Waals surface area contributed by atoms with E-state index in [9.17, 15) is 4.79 Å². The minimum absolute atomic E-state index is 0. The molecular formula is C22H28ClIN6O. The summed E-state index contributed by atoms with van der Waals surface area (Å²) in [5.41, 5.74) is 2.12. The standard InChI is InChI=1S/C22H27ClN6O.HI/c1-24-22(27-17-10-13-28(15-17)21-19(23)4-2-11-25-21)26-14-16-6-8-18(9-7-16)29-12-3-5-20(29)30;/h2,4,6-9,11,17H,3,5,10,12-15H2,1H3,(H2,24,26,27);1H. The number of hydrogen-bond acceptors (Lipinski definition) is 4. The molecule has 1 unspecified atom stereocenters. The number of aromatic nitrogens is 1. The van der Waals surface area contributed by atoms with Crippen LogP contribution in [0.5, 0.6) is 0 Å². The number of guanidine groups is 1. The Morgan fingerprint density at radius 2 is 2.06 bits per heavy atom. The van der Waals surface area contributed by atoms with Crippen LogP contribution < -0.4 is 20.4 Å². The second-order valence-electron chi connectivity index (χ2n) is 7.63. The van der Waals surface area contributed by atoms with E-state index in [1.165, 1.54) is 0 Å². The molecule has 2 aliphatic heterocycles. The van der Waals surface area contributed by atoms with Crippen molar-refractivity contribution < 1.29 is 4.79 Å². The largest absolute Gasteiger partial charge is 0.353 e. The Kier molecular flexibility index (Phi) is 8.36. The van der Waals surface area contributed by atoms with Crippen LogP contribution in [0.1, 0.15) is 24.8 Å². The smallest absolute Gasteiger partial charge is 0.227 e. The number of anilines is 2. The van der Waals surface area contributed by atoms with E-state index in [0.717, 1.165) is 55.5 Å². The van der Waals surface area contributed by atoms with Crippen LogP contribution in [0.3, 0.4) is 0 Å². The van der Waals surface area contributed by atoms with Crippen molar-refractivity contribution in [2.75, 3.05) is 36.5 Å². The monoisotopic (exact) mass is 554 g/mol. The molecule has 2 aromatic rings. The molecule has 0 bridgehead atoms. The number of carbonyl (C=O) groups is 1. The van der Waals surface area contributed by atoms with Gasteiger partial charge in [0.1, 0.15) is 5.82 Å². The molecule has 2 saturated heterocycles. The lowest BCUT2D eigenvalue weighted by molar-refractivity contribution is -0.117. The summed E-state index contributed by atoms with van der Waals surface area (Å²) in [4.78, 5) is 24.7. The number of nitrogens with zero attached hydrogens (tertiary/aromatic N) is 4. The lowest BCUT2D eigenvalue weighted by Crippen LogP contribution is -2.44. The van der Waals surface area contributed by atoms with Crippen molar-refractivity contribution in [1.82, 2.24) is 15.6 Å². The van der Waals surface area contributed by atoms with Crippen molar-refractivity contribution in [1.29, 1.82) is 0 Å². The van der Waals surface area contributed by atoms with Crippen LogP contribution >= 0.6 is 35.6 Å². The fraction of sp³-hybridized carbons (Fsp3) is 0.409. The van der Waals surface area contributed by atoms with Gasteiger partial charge in [0.2, 0.25) is 5.91 Å². The molecule has 31 heavy (non-hydrogen) atoms. The van der Waals surface area contributed by atoms with E-state index in [0.29, 0.717) is 18.0 Å². The first kappa shape index (κ1) is 23.6. The third-order valence-electron chi connectivity index (χ3n) is 5.57. The van der Waals surface area contributed by atoms with E-state index >= 15 is 0 Å². The maximum atomic E-state index is 11.9. The molecule has 0 aliphatic carbocycles. The molecule has 0 radical (unpaired) electrons. The van der Waals surface area contributed by atoms with E-state index in [2.05, 4.69) is 37.6 Å². The summed E-state index contributed by atoms with van der Waals surface area (Å²) in [7, 11) is 1.78. The van der Waals surface area contributed by atoms with Gasteiger partial charge in [-0.25, -0.2) is 4.98 Å². The maximum Gasteiger partial charge on any atom is 0.227 e. The van der Waals surface area contributed by atoms with Crippen LogP contribution in [0, 0.1) is 0 Å². The highest BCUT2D eigenvalue weighted by atomic mass is 127. The number of benzene rings is 1. The fourth-order valence-electron chi connectivity index (χ4n) is 3.97. The zero-order valence-electron chi connectivity index (χ0n) is 17.6. The predicted octanol–water partition coefficient (Wildman–Crippen LogP) is 3.42. The molecule has 1 aromatic heterocycles. The lowest BCUT2D eigenvalue weighted by Gasteiger charge is -2.20. The minimum atomic E-state index is 0.